The van der Waals surface area contributed by atoms with E-state index in [1.165, 1.54) is 10.8 Å². The largest absolute Gasteiger partial charge is 0.396 e. The number of nitrogens with one attached hydrogen (secondary N) is 1. The quantitative estimate of drug-likeness (QED) is 0.639. The Hall–Kier alpha value is -1.18. The Kier molecular flexibility index (Phi) is 6.12. The number of aromatic nitrogens is 2. The Morgan fingerprint density at radius 2 is 1.95 bits per heavy atom. The molecule has 0 bridgehead atoms. The molecule has 0 aliphatic rings. The minimum Gasteiger partial charge on any atom is -0.396 e. The molecule has 0 aliphatic carbocycles. The second-order valence-corrected chi connectivity index (χ2v) is 9.09. The van der Waals surface area contributed by atoms with Crippen molar-refractivity contribution in [3.8, 4) is 0 Å². The molecule has 1 aromatic rings. The molecule has 0 radical (unpaired) electrons. The maximum absolute atomic E-state index is 11.7. The van der Waals surface area contributed by atoms with Gasteiger partial charge in [0.2, 0.25) is 0 Å². The van der Waals surface area contributed by atoms with Crippen molar-refractivity contribution in [2.45, 2.75) is 60.2 Å². The average molecular weight is 314 g/mol. The first kappa shape index (κ1) is 17.9. The number of nitrogens with zero attached hydrogens (tertiary/aromatic N) is 1. The SMILES string of the molecule is Cc1cn(COC(CC(C)(C)C)O[SiH](C)C)c(=O)[nH]c1=O. The molecule has 1 rings (SSSR count). The van der Waals surface area contributed by atoms with Crippen molar-refractivity contribution in [2.75, 3.05) is 0 Å². The van der Waals surface area contributed by atoms with E-state index in [9.17, 15) is 9.59 Å². The van der Waals surface area contributed by atoms with E-state index in [1.54, 1.807) is 6.92 Å². The monoisotopic (exact) mass is 314 g/mol. The summed E-state index contributed by atoms with van der Waals surface area (Å²) in [6.07, 6.45) is 1.91. The molecule has 120 valence electrons. The van der Waals surface area contributed by atoms with Crippen LogP contribution in [0.4, 0.5) is 0 Å². The van der Waals surface area contributed by atoms with Crippen molar-refractivity contribution in [1.29, 1.82) is 0 Å². The van der Waals surface area contributed by atoms with Crippen LogP contribution in [0, 0.1) is 12.3 Å². The van der Waals surface area contributed by atoms with Gasteiger partial charge in [0, 0.05) is 18.2 Å². The molecule has 0 amide bonds. The number of rotatable bonds is 6. The number of hydrogen-bond acceptors (Lipinski definition) is 4. The molecule has 1 atom stereocenters. The fraction of sp³-hybridized carbons (Fsp3) is 0.714. The lowest BCUT2D eigenvalue weighted by molar-refractivity contribution is -0.128. The summed E-state index contributed by atoms with van der Waals surface area (Å²) < 4.78 is 13.0. The van der Waals surface area contributed by atoms with Gasteiger partial charge in [0.05, 0.1) is 0 Å². The maximum Gasteiger partial charge on any atom is 0.330 e. The van der Waals surface area contributed by atoms with Crippen molar-refractivity contribution >= 4 is 9.04 Å². The van der Waals surface area contributed by atoms with Crippen LogP contribution in [0.1, 0.15) is 32.8 Å². The highest BCUT2D eigenvalue weighted by molar-refractivity contribution is 6.48. The maximum atomic E-state index is 11.7. The Labute approximate surface area is 126 Å². The first-order valence-electron chi connectivity index (χ1n) is 7.16. The van der Waals surface area contributed by atoms with E-state index in [1.807, 2.05) is 0 Å². The highest BCUT2D eigenvalue weighted by Gasteiger charge is 2.21. The van der Waals surface area contributed by atoms with Crippen LogP contribution in [-0.2, 0) is 15.9 Å². The fourth-order valence-corrected chi connectivity index (χ4v) is 2.61. The fourth-order valence-electron chi connectivity index (χ4n) is 1.83. The second-order valence-electron chi connectivity index (χ2n) is 6.72. The van der Waals surface area contributed by atoms with Gasteiger partial charge in [-0.3, -0.25) is 14.3 Å². The van der Waals surface area contributed by atoms with Gasteiger partial charge in [-0.2, -0.15) is 0 Å². The Balaban J connectivity index is 2.79. The van der Waals surface area contributed by atoms with Crippen molar-refractivity contribution in [1.82, 2.24) is 9.55 Å². The van der Waals surface area contributed by atoms with Gasteiger partial charge in [-0.15, -0.1) is 0 Å². The van der Waals surface area contributed by atoms with Gasteiger partial charge in [-0.05, 0) is 25.4 Å². The molecule has 6 nitrogen and oxygen atoms in total. The summed E-state index contributed by atoms with van der Waals surface area (Å²) in [6.45, 7) is 12.2. The molecule has 1 heterocycles. The Morgan fingerprint density at radius 3 is 2.48 bits per heavy atom. The molecule has 0 aliphatic heterocycles. The van der Waals surface area contributed by atoms with Crippen LogP contribution in [0.2, 0.25) is 13.1 Å². The zero-order valence-corrected chi connectivity index (χ0v) is 14.9. The number of hydrogen-bond donors (Lipinski definition) is 1. The summed E-state index contributed by atoms with van der Waals surface area (Å²) in [4.78, 5) is 25.3. The van der Waals surface area contributed by atoms with Crippen LogP contribution in [0.3, 0.4) is 0 Å². The smallest absolute Gasteiger partial charge is 0.330 e. The number of aryl methyl sites for hydroxylation is 1. The summed E-state index contributed by atoms with van der Waals surface area (Å²) in [5, 5.41) is 0. The molecule has 0 spiro atoms. The molecule has 1 unspecified atom stereocenters. The molecular formula is C14H26N2O4Si. The Morgan fingerprint density at radius 1 is 1.33 bits per heavy atom. The molecule has 1 N–H and O–H groups in total. The highest BCUT2D eigenvalue weighted by atomic mass is 28.3. The molecule has 21 heavy (non-hydrogen) atoms. The zero-order chi connectivity index (χ0) is 16.2. The normalized spacial score (nSPS) is 13.7. The van der Waals surface area contributed by atoms with E-state index in [-0.39, 0.29) is 24.0 Å². The third-order valence-corrected chi connectivity index (χ3v) is 3.64. The average Bonchev–Trinajstić information content (AvgIpc) is 2.29. The van der Waals surface area contributed by atoms with Gasteiger partial charge in [0.15, 0.2) is 9.04 Å². The molecule has 0 saturated heterocycles. The van der Waals surface area contributed by atoms with Crippen LogP contribution in [0.15, 0.2) is 15.8 Å². The van der Waals surface area contributed by atoms with Gasteiger partial charge in [-0.1, -0.05) is 20.8 Å². The van der Waals surface area contributed by atoms with Gasteiger partial charge in [0.1, 0.15) is 13.0 Å². The number of aromatic amines is 1. The van der Waals surface area contributed by atoms with Gasteiger partial charge in [0.25, 0.3) is 5.56 Å². The van der Waals surface area contributed by atoms with Crippen LogP contribution >= 0.6 is 0 Å². The van der Waals surface area contributed by atoms with Gasteiger partial charge >= 0.3 is 5.69 Å². The van der Waals surface area contributed by atoms with Crippen molar-refractivity contribution in [3.63, 3.8) is 0 Å². The summed E-state index contributed by atoms with van der Waals surface area (Å²) in [5.74, 6) is 0. The lowest BCUT2D eigenvalue weighted by Crippen LogP contribution is -2.34. The third-order valence-electron chi connectivity index (χ3n) is 2.79. The molecule has 0 saturated carbocycles. The van der Waals surface area contributed by atoms with Crippen molar-refractivity contribution in [2.24, 2.45) is 5.41 Å². The van der Waals surface area contributed by atoms with E-state index in [0.29, 0.717) is 5.56 Å². The second kappa shape index (κ2) is 7.19. The van der Waals surface area contributed by atoms with E-state index in [0.717, 1.165) is 6.42 Å². The summed E-state index contributed by atoms with van der Waals surface area (Å²) in [6, 6.07) is 0. The Bertz CT molecular complexity index is 572. The summed E-state index contributed by atoms with van der Waals surface area (Å²) in [7, 11) is -1.24. The number of H-pyrrole nitrogens is 1. The topological polar surface area (TPSA) is 73.3 Å². The summed E-state index contributed by atoms with van der Waals surface area (Å²) in [5.41, 5.74) is -0.292. The zero-order valence-electron chi connectivity index (χ0n) is 13.7. The highest BCUT2D eigenvalue weighted by Crippen LogP contribution is 2.23. The minimum absolute atomic E-state index is 0.0678. The molecule has 1 aromatic heterocycles. The van der Waals surface area contributed by atoms with E-state index in [2.05, 4.69) is 38.8 Å². The van der Waals surface area contributed by atoms with E-state index < -0.39 is 14.7 Å². The van der Waals surface area contributed by atoms with Gasteiger partial charge < -0.3 is 9.16 Å². The number of ether oxygens (including phenoxy) is 1. The van der Waals surface area contributed by atoms with E-state index in [4.69, 9.17) is 9.16 Å². The molecule has 7 heteroatoms. The lowest BCUT2D eigenvalue weighted by Gasteiger charge is -2.28. The van der Waals surface area contributed by atoms with Crippen molar-refractivity contribution in [3.05, 3.63) is 32.6 Å². The van der Waals surface area contributed by atoms with Crippen LogP contribution in [0.25, 0.3) is 0 Å². The van der Waals surface area contributed by atoms with Crippen LogP contribution < -0.4 is 11.2 Å². The molecule has 0 aromatic carbocycles. The first-order chi connectivity index (χ1) is 9.58. The van der Waals surface area contributed by atoms with E-state index >= 15 is 0 Å². The van der Waals surface area contributed by atoms with Crippen molar-refractivity contribution < 1.29 is 9.16 Å². The predicted molar refractivity (Wildman–Crippen MR) is 85.0 cm³/mol. The molecular weight excluding hydrogens is 288 g/mol. The third kappa shape index (κ3) is 6.41. The minimum atomic E-state index is -1.24. The molecule has 0 fully saturated rings. The standard InChI is InChI=1S/C14H26N2O4Si/c1-10-8-16(13(18)15-12(10)17)9-19-11(20-21(5)6)7-14(2,3)4/h8,11,21H,7,9H2,1-6H3,(H,15,17,18). The van der Waals surface area contributed by atoms with Crippen LogP contribution in [-0.4, -0.2) is 24.9 Å². The summed E-state index contributed by atoms with van der Waals surface area (Å²) >= 11 is 0. The lowest BCUT2D eigenvalue weighted by atomic mass is 9.92. The van der Waals surface area contributed by atoms with Crippen LogP contribution in [0.5, 0.6) is 0 Å². The first-order valence-corrected chi connectivity index (χ1v) is 9.94. The predicted octanol–water partition coefficient (Wildman–Crippen LogP) is 1.58. The van der Waals surface area contributed by atoms with Gasteiger partial charge in [-0.25, -0.2) is 4.79 Å².